The smallest absolute Gasteiger partial charge is 0.141 e. The Morgan fingerprint density at radius 1 is 1.62 bits per heavy atom. The van der Waals surface area contributed by atoms with Crippen LogP contribution in [-0.4, -0.2) is 21.6 Å². The SMILES string of the molecule is [2H]C([2H])([2H])C([2H])([2H])OCn1nnc2ccccc21. The normalized spacial score (nSPS) is 18.6. The molecule has 1 aromatic carbocycles. The summed E-state index contributed by atoms with van der Waals surface area (Å²) in [6, 6.07) is 7.06. The third kappa shape index (κ3) is 1.53. The Hall–Kier alpha value is -1.42. The van der Waals surface area contributed by atoms with Gasteiger partial charge in [-0.1, -0.05) is 17.3 Å². The molecule has 2 rings (SSSR count). The highest BCUT2D eigenvalue weighted by Crippen LogP contribution is 2.09. The third-order valence-corrected chi connectivity index (χ3v) is 1.68. The Balaban J connectivity index is 2.16. The van der Waals surface area contributed by atoms with Crippen LogP contribution in [-0.2, 0) is 11.5 Å². The molecule has 13 heavy (non-hydrogen) atoms. The Labute approximate surface area is 83.1 Å². The monoisotopic (exact) mass is 182 g/mol. The van der Waals surface area contributed by atoms with Gasteiger partial charge in [-0.05, 0) is 19.0 Å². The molecule has 0 aliphatic rings. The molecule has 2 aromatic rings. The first-order valence-corrected chi connectivity index (χ1v) is 3.73. The number of fused-ring (bicyclic) bond motifs is 1. The summed E-state index contributed by atoms with van der Waals surface area (Å²) in [5.41, 5.74) is 1.29. The predicted molar refractivity (Wildman–Crippen MR) is 49.2 cm³/mol. The second kappa shape index (κ2) is 3.53. The van der Waals surface area contributed by atoms with Gasteiger partial charge in [-0.3, -0.25) is 0 Å². The average molecular weight is 182 g/mol. The quantitative estimate of drug-likeness (QED) is 0.720. The second-order valence-corrected chi connectivity index (χ2v) is 2.45. The Bertz CT molecular complexity index is 550. The fourth-order valence-electron chi connectivity index (χ4n) is 1.11. The van der Waals surface area contributed by atoms with Crippen LogP contribution in [0.15, 0.2) is 24.3 Å². The van der Waals surface area contributed by atoms with Crippen molar-refractivity contribution in [1.82, 2.24) is 15.0 Å². The van der Waals surface area contributed by atoms with Gasteiger partial charge in [0.1, 0.15) is 12.2 Å². The summed E-state index contributed by atoms with van der Waals surface area (Å²) in [4.78, 5) is 0. The molecule has 4 heteroatoms. The minimum absolute atomic E-state index is 0.314. The molecule has 0 saturated carbocycles. The molecule has 0 unspecified atom stereocenters. The van der Waals surface area contributed by atoms with Crippen molar-refractivity contribution in [3.05, 3.63) is 24.3 Å². The highest BCUT2D eigenvalue weighted by molar-refractivity contribution is 5.73. The number of benzene rings is 1. The highest BCUT2D eigenvalue weighted by atomic mass is 16.5. The van der Waals surface area contributed by atoms with Crippen molar-refractivity contribution >= 4 is 11.0 Å². The summed E-state index contributed by atoms with van der Waals surface area (Å²) >= 11 is 0. The van der Waals surface area contributed by atoms with Crippen LogP contribution < -0.4 is 0 Å². The zero-order chi connectivity index (χ0) is 13.4. The highest BCUT2D eigenvalue weighted by Gasteiger charge is 2.01. The van der Waals surface area contributed by atoms with E-state index < -0.39 is 13.4 Å². The molecule has 0 radical (unpaired) electrons. The van der Waals surface area contributed by atoms with E-state index in [0.717, 1.165) is 0 Å². The van der Waals surface area contributed by atoms with Crippen LogP contribution >= 0.6 is 0 Å². The zero-order valence-corrected chi connectivity index (χ0v) is 6.77. The first-order chi connectivity index (χ1) is 8.31. The fraction of sp³-hybridized carbons (Fsp3) is 0.333. The van der Waals surface area contributed by atoms with E-state index in [1.807, 2.05) is 0 Å². The Kier molecular flexibility index (Phi) is 1.14. The van der Waals surface area contributed by atoms with Crippen LogP contribution in [0.3, 0.4) is 0 Å². The maximum absolute atomic E-state index is 7.31. The number of aromatic nitrogens is 3. The van der Waals surface area contributed by atoms with Crippen LogP contribution in [0, 0.1) is 0 Å². The molecule has 1 heterocycles. The molecular formula is C9H11N3O. The van der Waals surface area contributed by atoms with Gasteiger partial charge in [0.15, 0.2) is 0 Å². The van der Waals surface area contributed by atoms with Gasteiger partial charge >= 0.3 is 0 Å². The lowest BCUT2D eigenvalue weighted by molar-refractivity contribution is 0.0809. The van der Waals surface area contributed by atoms with Crippen molar-refractivity contribution in [1.29, 1.82) is 0 Å². The molecule has 68 valence electrons. The van der Waals surface area contributed by atoms with Gasteiger partial charge < -0.3 is 4.74 Å². The van der Waals surface area contributed by atoms with E-state index >= 15 is 0 Å². The summed E-state index contributed by atoms with van der Waals surface area (Å²) in [6.07, 6.45) is 0. The lowest BCUT2D eigenvalue weighted by Gasteiger charge is -2.00. The maximum Gasteiger partial charge on any atom is 0.141 e. The van der Waals surface area contributed by atoms with Crippen molar-refractivity contribution in [2.24, 2.45) is 0 Å². The molecule has 4 nitrogen and oxygen atoms in total. The Morgan fingerprint density at radius 2 is 2.54 bits per heavy atom. The molecular weight excluding hydrogens is 166 g/mol. The number of nitrogens with zero attached hydrogens (tertiary/aromatic N) is 3. The molecule has 0 bridgehead atoms. The van der Waals surface area contributed by atoms with Gasteiger partial charge in [-0.15, -0.1) is 5.10 Å². The van der Waals surface area contributed by atoms with Gasteiger partial charge in [-0.25, -0.2) is 4.68 Å². The number of hydrogen-bond acceptors (Lipinski definition) is 3. The maximum atomic E-state index is 7.31. The topological polar surface area (TPSA) is 39.9 Å². The summed E-state index contributed by atoms with van der Waals surface area (Å²) in [6.45, 7) is -5.88. The van der Waals surface area contributed by atoms with Crippen molar-refractivity contribution in [2.45, 2.75) is 13.6 Å². The molecule has 0 fully saturated rings. The first-order valence-electron chi connectivity index (χ1n) is 6.23. The van der Waals surface area contributed by atoms with E-state index in [9.17, 15) is 0 Å². The van der Waals surface area contributed by atoms with Gasteiger partial charge in [-0.2, -0.15) is 0 Å². The van der Waals surface area contributed by atoms with E-state index in [4.69, 9.17) is 11.6 Å². The van der Waals surface area contributed by atoms with Crippen LogP contribution in [0.25, 0.3) is 11.0 Å². The number of rotatable bonds is 3. The van der Waals surface area contributed by atoms with E-state index in [1.54, 1.807) is 24.3 Å². The van der Waals surface area contributed by atoms with Crippen LogP contribution in [0.2, 0.25) is 0 Å². The molecule has 1 aromatic heterocycles. The van der Waals surface area contributed by atoms with E-state index in [1.165, 1.54) is 4.68 Å². The summed E-state index contributed by atoms with van der Waals surface area (Å²) in [7, 11) is 0. The first kappa shape index (κ1) is 4.19. The van der Waals surface area contributed by atoms with Gasteiger partial charge in [0.25, 0.3) is 0 Å². The number of ether oxygens (including phenoxy) is 1. The van der Waals surface area contributed by atoms with E-state index in [0.29, 0.717) is 11.0 Å². The van der Waals surface area contributed by atoms with E-state index in [2.05, 4.69) is 10.3 Å². The van der Waals surface area contributed by atoms with Crippen LogP contribution in [0.5, 0.6) is 0 Å². The van der Waals surface area contributed by atoms with Crippen molar-refractivity contribution < 1.29 is 11.6 Å². The number of para-hydroxylation sites is 1. The second-order valence-electron chi connectivity index (χ2n) is 2.45. The molecule has 0 atom stereocenters. The number of hydrogen-bond donors (Lipinski definition) is 0. The van der Waals surface area contributed by atoms with Crippen molar-refractivity contribution in [2.75, 3.05) is 6.56 Å². The predicted octanol–water partition coefficient (Wildman–Crippen LogP) is 1.43. The molecule has 0 aliphatic carbocycles. The minimum Gasteiger partial charge on any atom is -0.359 e. The lowest BCUT2D eigenvalue weighted by atomic mass is 10.3. The summed E-state index contributed by atoms with van der Waals surface area (Å²) < 4.78 is 41.7. The van der Waals surface area contributed by atoms with Crippen LogP contribution in [0.1, 0.15) is 13.7 Å². The minimum atomic E-state index is -2.84. The van der Waals surface area contributed by atoms with Crippen molar-refractivity contribution in [3.8, 4) is 0 Å². The third-order valence-electron chi connectivity index (χ3n) is 1.68. The fourth-order valence-corrected chi connectivity index (χ4v) is 1.11. The van der Waals surface area contributed by atoms with Gasteiger partial charge in [0.05, 0.1) is 8.26 Å². The van der Waals surface area contributed by atoms with Gasteiger partial charge in [0.2, 0.25) is 0 Å². The molecule has 0 saturated heterocycles. The average Bonchev–Trinajstić information content (AvgIpc) is 2.68. The molecule has 0 spiro atoms. The zero-order valence-electron chi connectivity index (χ0n) is 11.8. The van der Waals surface area contributed by atoms with Crippen molar-refractivity contribution in [3.63, 3.8) is 0 Å². The van der Waals surface area contributed by atoms with Gasteiger partial charge in [0, 0.05) is 10.7 Å². The van der Waals surface area contributed by atoms with E-state index in [-0.39, 0.29) is 6.73 Å². The molecule has 0 amide bonds. The summed E-state index contributed by atoms with van der Waals surface area (Å²) in [5.74, 6) is 0. The Morgan fingerprint density at radius 3 is 3.46 bits per heavy atom. The standard InChI is InChI=1S/C9H11N3O/c1-2-13-7-12-9-6-4-3-5-8(9)10-11-12/h3-6H,2,7H2,1H3/i1D3,2D2. The molecule has 0 aliphatic heterocycles. The molecule has 0 N–H and O–H groups in total. The largest absolute Gasteiger partial charge is 0.359 e. The van der Waals surface area contributed by atoms with Crippen LogP contribution in [0.4, 0.5) is 0 Å². The summed E-state index contributed by atoms with van der Waals surface area (Å²) in [5, 5.41) is 7.62. The lowest BCUT2D eigenvalue weighted by Crippen LogP contribution is -2.03.